The molecule has 0 bridgehead atoms. The van der Waals surface area contributed by atoms with E-state index in [0.717, 1.165) is 12.5 Å². The van der Waals surface area contributed by atoms with Crippen LogP contribution in [0.15, 0.2) is 36.4 Å². The van der Waals surface area contributed by atoms with Crippen LogP contribution in [0.1, 0.15) is 12.0 Å². The number of hydrogen-bond donors (Lipinski definition) is 0. The standard InChI is InChI=1S/C10H10Cl2Si/c11-13(12)8-4-7-10(13)9-5-2-1-3-6-9/h1-3,5-7H,4,8H2. The zero-order chi connectivity index (χ0) is 9.31. The molecule has 1 aliphatic rings. The average Bonchev–Trinajstić information content (AvgIpc) is 2.47. The lowest BCUT2D eigenvalue weighted by molar-refractivity contribution is 1.23. The fraction of sp³-hybridized carbons (Fsp3) is 0.200. The maximum Gasteiger partial charge on any atom is 0.281 e. The molecular formula is C10H10Cl2Si. The fourth-order valence-corrected chi connectivity index (χ4v) is 5.21. The lowest BCUT2D eigenvalue weighted by atomic mass is 10.2. The van der Waals surface area contributed by atoms with E-state index in [4.69, 9.17) is 22.2 Å². The molecule has 0 amide bonds. The van der Waals surface area contributed by atoms with Gasteiger partial charge in [0.25, 0.3) is 6.69 Å². The first-order valence-electron chi connectivity index (χ1n) is 4.34. The molecule has 0 spiro atoms. The molecule has 3 heteroatoms. The molecule has 0 nitrogen and oxygen atoms in total. The number of hydrogen-bond acceptors (Lipinski definition) is 0. The van der Waals surface area contributed by atoms with Crippen molar-refractivity contribution in [2.75, 3.05) is 0 Å². The second kappa shape index (κ2) is 3.49. The van der Waals surface area contributed by atoms with Crippen molar-refractivity contribution < 1.29 is 0 Å². The van der Waals surface area contributed by atoms with Crippen LogP contribution in [0.4, 0.5) is 0 Å². The van der Waals surface area contributed by atoms with Crippen molar-refractivity contribution in [3.05, 3.63) is 42.0 Å². The highest BCUT2D eigenvalue weighted by Gasteiger charge is 2.37. The third-order valence-electron chi connectivity index (χ3n) is 2.29. The van der Waals surface area contributed by atoms with Gasteiger partial charge in [0, 0.05) is 0 Å². The minimum atomic E-state index is -2.10. The molecule has 0 aromatic heterocycles. The number of allylic oxidation sites excluding steroid dienone is 1. The van der Waals surface area contributed by atoms with Crippen molar-refractivity contribution in [1.29, 1.82) is 0 Å². The van der Waals surface area contributed by atoms with Gasteiger partial charge in [-0.3, -0.25) is 0 Å². The van der Waals surface area contributed by atoms with Crippen molar-refractivity contribution in [3.63, 3.8) is 0 Å². The summed E-state index contributed by atoms with van der Waals surface area (Å²) in [6.45, 7) is -2.10. The lowest BCUT2D eigenvalue weighted by Crippen LogP contribution is -2.16. The molecule has 68 valence electrons. The summed E-state index contributed by atoms with van der Waals surface area (Å²) >= 11 is 12.6. The summed E-state index contributed by atoms with van der Waals surface area (Å²) in [5, 5.41) is 1.19. The zero-order valence-corrected chi connectivity index (χ0v) is 9.65. The predicted molar refractivity (Wildman–Crippen MR) is 61.3 cm³/mol. The summed E-state index contributed by atoms with van der Waals surface area (Å²) in [7, 11) is 0. The molecule has 0 unspecified atom stereocenters. The largest absolute Gasteiger partial charge is 0.281 e. The molecule has 1 heterocycles. The SMILES string of the molecule is Cl[Si]1(Cl)CCC=C1c1ccccc1. The number of benzene rings is 1. The Morgan fingerprint density at radius 2 is 1.77 bits per heavy atom. The van der Waals surface area contributed by atoms with E-state index in [1.165, 1.54) is 10.8 Å². The highest BCUT2D eigenvalue weighted by Crippen LogP contribution is 2.41. The molecule has 0 atom stereocenters. The molecule has 0 saturated carbocycles. The molecule has 13 heavy (non-hydrogen) atoms. The Balaban J connectivity index is 2.38. The Hall–Kier alpha value is -0.243. The van der Waals surface area contributed by atoms with Crippen molar-refractivity contribution in [1.82, 2.24) is 0 Å². The zero-order valence-electron chi connectivity index (χ0n) is 7.13. The third-order valence-corrected chi connectivity index (χ3v) is 6.84. The van der Waals surface area contributed by atoms with E-state index in [2.05, 4.69) is 18.2 Å². The molecule has 0 fully saturated rings. The molecule has 2 rings (SSSR count). The van der Waals surface area contributed by atoms with E-state index in [1.54, 1.807) is 0 Å². The van der Waals surface area contributed by atoms with Crippen LogP contribution < -0.4 is 0 Å². The topological polar surface area (TPSA) is 0 Å². The molecular weight excluding hydrogens is 219 g/mol. The van der Waals surface area contributed by atoms with E-state index in [-0.39, 0.29) is 0 Å². The Morgan fingerprint density at radius 1 is 1.08 bits per heavy atom. The van der Waals surface area contributed by atoms with Crippen molar-refractivity contribution >= 4 is 34.0 Å². The monoisotopic (exact) mass is 228 g/mol. The molecule has 0 aliphatic carbocycles. The summed E-state index contributed by atoms with van der Waals surface area (Å²) < 4.78 is 0. The van der Waals surface area contributed by atoms with Crippen molar-refractivity contribution in [2.24, 2.45) is 0 Å². The van der Waals surface area contributed by atoms with Gasteiger partial charge in [-0.2, -0.15) is 0 Å². The highest BCUT2D eigenvalue weighted by molar-refractivity contribution is 7.53. The first-order valence-corrected chi connectivity index (χ1v) is 8.57. The minimum Gasteiger partial charge on any atom is -0.140 e. The van der Waals surface area contributed by atoms with Crippen molar-refractivity contribution in [2.45, 2.75) is 12.5 Å². The summed E-state index contributed by atoms with van der Waals surface area (Å²) in [5.41, 5.74) is 1.19. The van der Waals surface area contributed by atoms with Gasteiger partial charge in [-0.05, 0) is 23.2 Å². The molecule has 0 N–H and O–H groups in total. The summed E-state index contributed by atoms with van der Waals surface area (Å²) in [6, 6.07) is 11.2. The first-order chi connectivity index (χ1) is 6.20. The van der Waals surface area contributed by atoms with Gasteiger partial charge in [-0.25, -0.2) is 0 Å². The maximum absolute atomic E-state index is 6.30. The van der Waals surface area contributed by atoms with E-state index >= 15 is 0 Å². The molecule has 0 saturated heterocycles. The second-order valence-corrected chi connectivity index (χ2v) is 10.1. The Bertz CT molecular complexity index is 330. The van der Waals surface area contributed by atoms with Gasteiger partial charge in [0.15, 0.2) is 0 Å². The van der Waals surface area contributed by atoms with Crippen LogP contribution in [-0.2, 0) is 0 Å². The van der Waals surface area contributed by atoms with E-state index < -0.39 is 6.69 Å². The van der Waals surface area contributed by atoms with Crippen molar-refractivity contribution in [3.8, 4) is 0 Å². The minimum absolute atomic E-state index is 0.959. The van der Waals surface area contributed by atoms with Gasteiger partial charge in [0.05, 0.1) is 0 Å². The third kappa shape index (κ3) is 1.83. The average molecular weight is 229 g/mol. The van der Waals surface area contributed by atoms with Gasteiger partial charge in [0.1, 0.15) is 0 Å². The van der Waals surface area contributed by atoms with Crippen LogP contribution in [-0.4, -0.2) is 6.69 Å². The van der Waals surface area contributed by atoms with E-state index in [0.29, 0.717) is 0 Å². The lowest BCUT2D eigenvalue weighted by Gasteiger charge is -2.13. The Kier molecular flexibility index (Phi) is 2.50. The summed E-state index contributed by atoms with van der Waals surface area (Å²) in [6.07, 6.45) is 3.21. The van der Waals surface area contributed by atoms with E-state index in [9.17, 15) is 0 Å². The second-order valence-electron chi connectivity index (χ2n) is 3.23. The fourth-order valence-electron chi connectivity index (χ4n) is 1.63. The van der Waals surface area contributed by atoms with Crippen LogP contribution in [0, 0.1) is 0 Å². The molecule has 1 aromatic carbocycles. The highest BCUT2D eigenvalue weighted by atomic mass is 35.7. The maximum atomic E-state index is 6.30. The van der Waals surface area contributed by atoms with Crippen LogP contribution in [0.2, 0.25) is 6.04 Å². The summed E-state index contributed by atoms with van der Waals surface area (Å²) in [4.78, 5) is 0. The Labute approximate surface area is 88.6 Å². The van der Waals surface area contributed by atoms with E-state index in [1.807, 2.05) is 18.2 Å². The summed E-state index contributed by atoms with van der Waals surface area (Å²) in [5.74, 6) is 0. The van der Waals surface area contributed by atoms with Gasteiger partial charge in [0.2, 0.25) is 0 Å². The number of halogens is 2. The van der Waals surface area contributed by atoms with Gasteiger partial charge < -0.3 is 0 Å². The molecule has 0 radical (unpaired) electrons. The molecule has 1 aromatic rings. The van der Waals surface area contributed by atoms with Crippen LogP contribution in [0.5, 0.6) is 0 Å². The number of rotatable bonds is 1. The quantitative estimate of drug-likeness (QED) is 0.505. The normalized spacial score (nSPS) is 20.0. The smallest absolute Gasteiger partial charge is 0.140 e. The van der Waals surface area contributed by atoms with Gasteiger partial charge >= 0.3 is 0 Å². The van der Waals surface area contributed by atoms with Crippen LogP contribution >= 0.6 is 22.2 Å². The predicted octanol–water partition coefficient (Wildman–Crippen LogP) is 3.93. The van der Waals surface area contributed by atoms with Crippen LogP contribution in [0.3, 0.4) is 0 Å². The van der Waals surface area contributed by atoms with Gasteiger partial charge in [-0.15, -0.1) is 22.2 Å². The van der Waals surface area contributed by atoms with Gasteiger partial charge in [-0.1, -0.05) is 36.4 Å². The van der Waals surface area contributed by atoms with Crippen LogP contribution in [0.25, 0.3) is 5.20 Å². The first kappa shape index (κ1) is 9.32. The molecule has 1 aliphatic heterocycles. The Morgan fingerprint density at radius 3 is 2.31 bits per heavy atom.